The lowest BCUT2D eigenvalue weighted by Gasteiger charge is -2.03. The molecule has 7 nitrogen and oxygen atoms in total. The largest absolute Gasteiger partial charge is 0.328 e. The molecule has 2 rings (SSSR count). The first-order chi connectivity index (χ1) is 8.52. The summed E-state index contributed by atoms with van der Waals surface area (Å²) in [5.74, 6) is 0. The molecule has 1 aromatic carbocycles. The topological polar surface area (TPSA) is 98.0 Å². The predicted molar refractivity (Wildman–Crippen MR) is 64.4 cm³/mol. The van der Waals surface area contributed by atoms with E-state index in [1.165, 1.54) is 31.4 Å². The number of rotatable bonds is 2. The molecule has 0 fully saturated rings. The Bertz CT molecular complexity index is 730. The van der Waals surface area contributed by atoms with Crippen LogP contribution >= 0.6 is 0 Å². The van der Waals surface area contributed by atoms with Crippen molar-refractivity contribution >= 4 is 5.69 Å². The molecule has 0 saturated carbocycles. The van der Waals surface area contributed by atoms with Crippen LogP contribution in [0.5, 0.6) is 0 Å². The summed E-state index contributed by atoms with van der Waals surface area (Å²) >= 11 is 0. The highest BCUT2D eigenvalue weighted by Crippen LogP contribution is 2.26. The third kappa shape index (κ3) is 1.81. The molecule has 1 heterocycles. The van der Waals surface area contributed by atoms with Gasteiger partial charge < -0.3 is 4.98 Å². The van der Waals surface area contributed by atoms with Crippen molar-refractivity contribution in [2.24, 2.45) is 7.05 Å². The van der Waals surface area contributed by atoms with E-state index in [1.54, 1.807) is 6.07 Å². The zero-order chi connectivity index (χ0) is 13.3. The maximum Gasteiger partial charge on any atom is 0.328 e. The van der Waals surface area contributed by atoms with Gasteiger partial charge in [0, 0.05) is 19.3 Å². The van der Waals surface area contributed by atoms with E-state index in [0.717, 1.165) is 4.57 Å². The van der Waals surface area contributed by atoms with Crippen LogP contribution in [0.1, 0.15) is 0 Å². The fraction of sp³-hybridized carbons (Fsp3) is 0.0909. The smallest absolute Gasteiger partial charge is 0.313 e. The van der Waals surface area contributed by atoms with Gasteiger partial charge in [0.25, 0.3) is 11.2 Å². The first-order valence-corrected chi connectivity index (χ1v) is 5.05. The average Bonchev–Trinajstić information content (AvgIpc) is 2.36. The Labute approximate surface area is 100 Å². The molecule has 0 amide bonds. The first kappa shape index (κ1) is 11.8. The number of aromatic nitrogens is 2. The van der Waals surface area contributed by atoms with Crippen molar-refractivity contribution in [3.05, 3.63) is 61.4 Å². The minimum Gasteiger partial charge on any atom is -0.313 e. The van der Waals surface area contributed by atoms with Crippen LogP contribution in [-0.2, 0) is 7.05 Å². The molecule has 0 radical (unpaired) electrons. The highest BCUT2D eigenvalue weighted by Gasteiger charge is 2.17. The van der Waals surface area contributed by atoms with Crippen molar-refractivity contribution in [3.63, 3.8) is 0 Å². The monoisotopic (exact) mass is 247 g/mol. The number of nitrogens with zero attached hydrogens (tertiary/aromatic N) is 2. The molecule has 0 atom stereocenters. The summed E-state index contributed by atoms with van der Waals surface area (Å²) in [4.78, 5) is 35.8. The second-order valence-electron chi connectivity index (χ2n) is 3.65. The molecule has 0 aliphatic heterocycles. The van der Waals surface area contributed by atoms with Crippen LogP contribution in [0.3, 0.4) is 0 Å². The average molecular weight is 247 g/mol. The van der Waals surface area contributed by atoms with Gasteiger partial charge in [-0.2, -0.15) is 0 Å². The van der Waals surface area contributed by atoms with Gasteiger partial charge in [0.1, 0.15) is 0 Å². The molecule has 0 saturated heterocycles. The summed E-state index contributed by atoms with van der Waals surface area (Å²) in [6, 6.07) is 5.87. The lowest BCUT2D eigenvalue weighted by atomic mass is 10.1. The van der Waals surface area contributed by atoms with Gasteiger partial charge in [-0.15, -0.1) is 0 Å². The van der Waals surface area contributed by atoms with Crippen LogP contribution in [-0.4, -0.2) is 14.5 Å². The van der Waals surface area contributed by atoms with Gasteiger partial charge in [-0.25, -0.2) is 4.79 Å². The van der Waals surface area contributed by atoms with Crippen molar-refractivity contribution in [1.82, 2.24) is 9.55 Å². The maximum atomic E-state index is 11.9. The normalized spacial score (nSPS) is 10.3. The van der Waals surface area contributed by atoms with Crippen molar-refractivity contribution in [3.8, 4) is 11.1 Å². The van der Waals surface area contributed by atoms with Gasteiger partial charge in [-0.05, 0) is 6.07 Å². The van der Waals surface area contributed by atoms with Crippen molar-refractivity contribution < 1.29 is 4.92 Å². The SMILES string of the molecule is Cn1c(=O)[nH]cc(-c2ccccc2[N+](=O)[O-])c1=O. The van der Waals surface area contributed by atoms with E-state index in [0.29, 0.717) is 0 Å². The summed E-state index contributed by atoms with van der Waals surface area (Å²) in [5, 5.41) is 10.9. The van der Waals surface area contributed by atoms with Crippen LogP contribution < -0.4 is 11.2 Å². The summed E-state index contributed by atoms with van der Waals surface area (Å²) in [6.07, 6.45) is 1.19. The fourth-order valence-corrected chi connectivity index (χ4v) is 1.62. The molecule has 2 aromatic rings. The van der Waals surface area contributed by atoms with Crippen molar-refractivity contribution in [2.75, 3.05) is 0 Å². The van der Waals surface area contributed by atoms with Crippen LogP contribution in [0.25, 0.3) is 11.1 Å². The lowest BCUT2D eigenvalue weighted by molar-refractivity contribution is -0.384. The zero-order valence-corrected chi connectivity index (χ0v) is 9.41. The van der Waals surface area contributed by atoms with Gasteiger partial charge in [0.2, 0.25) is 0 Å². The molecule has 18 heavy (non-hydrogen) atoms. The Hall–Kier alpha value is -2.70. The summed E-state index contributed by atoms with van der Waals surface area (Å²) in [6.45, 7) is 0. The van der Waals surface area contributed by atoms with Crippen LogP contribution in [0.4, 0.5) is 5.69 Å². The predicted octanol–water partition coefficient (Wildman–Crippen LogP) is 0.649. The number of hydrogen-bond donors (Lipinski definition) is 1. The molecule has 7 heteroatoms. The molecule has 0 spiro atoms. The molecule has 0 unspecified atom stereocenters. The Morgan fingerprint density at radius 3 is 2.56 bits per heavy atom. The van der Waals surface area contributed by atoms with E-state index in [1.807, 2.05) is 0 Å². The fourth-order valence-electron chi connectivity index (χ4n) is 1.62. The third-order valence-electron chi connectivity index (χ3n) is 2.57. The number of H-pyrrole nitrogens is 1. The molecular weight excluding hydrogens is 238 g/mol. The molecule has 0 bridgehead atoms. The highest BCUT2D eigenvalue weighted by molar-refractivity contribution is 5.71. The van der Waals surface area contributed by atoms with Crippen LogP contribution in [0.15, 0.2) is 40.1 Å². The molecule has 1 N–H and O–H groups in total. The second kappa shape index (κ2) is 4.28. The minimum absolute atomic E-state index is 0.0874. The van der Waals surface area contributed by atoms with Gasteiger partial charge >= 0.3 is 5.69 Å². The molecular formula is C11H9N3O4. The first-order valence-electron chi connectivity index (χ1n) is 5.05. The maximum absolute atomic E-state index is 11.9. The van der Waals surface area contributed by atoms with E-state index < -0.39 is 16.2 Å². The number of hydrogen-bond acceptors (Lipinski definition) is 4. The Balaban J connectivity index is 2.79. The summed E-state index contributed by atoms with van der Waals surface area (Å²) in [7, 11) is 1.30. The summed E-state index contributed by atoms with van der Waals surface area (Å²) in [5.41, 5.74) is -1.05. The van der Waals surface area contributed by atoms with Gasteiger partial charge in [0.15, 0.2) is 0 Å². The number of nitrogens with one attached hydrogen (secondary N) is 1. The molecule has 0 aliphatic rings. The number of aromatic amines is 1. The van der Waals surface area contributed by atoms with Gasteiger partial charge in [-0.1, -0.05) is 12.1 Å². The van der Waals surface area contributed by atoms with Crippen LogP contribution in [0.2, 0.25) is 0 Å². The quantitative estimate of drug-likeness (QED) is 0.622. The minimum atomic E-state index is -0.576. The Morgan fingerprint density at radius 2 is 1.89 bits per heavy atom. The van der Waals surface area contributed by atoms with E-state index in [4.69, 9.17) is 0 Å². The molecule has 1 aromatic heterocycles. The Kier molecular flexibility index (Phi) is 2.80. The highest BCUT2D eigenvalue weighted by atomic mass is 16.6. The number of para-hydroxylation sites is 1. The van der Waals surface area contributed by atoms with E-state index in [9.17, 15) is 19.7 Å². The van der Waals surface area contributed by atoms with E-state index in [2.05, 4.69) is 4.98 Å². The standard InChI is InChI=1S/C11H9N3O4/c1-13-10(15)8(6-12-11(13)16)7-4-2-3-5-9(7)14(17)18/h2-6H,1H3,(H,12,16). The zero-order valence-electron chi connectivity index (χ0n) is 9.41. The van der Waals surface area contributed by atoms with Crippen molar-refractivity contribution in [2.45, 2.75) is 0 Å². The number of benzene rings is 1. The van der Waals surface area contributed by atoms with Gasteiger partial charge in [-0.3, -0.25) is 19.5 Å². The van der Waals surface area contributed by atoms with E-state index >= 15 is 0 Å². The van der Waals surface area contributed by atoms with Gasteiger partial charge in [0.05, 0.1) is 16.1 Å². The third-order valence-corrected chi connectivity index (χ3v) is 2.57. The summed E-state index contributed by atoms with van der Waals surface area (Å²) < 4.78 is 0.867. The Morgan fingerprint density at radius 1 is 1.22 bits per heavy atom. The van der Waals surface area contributed by atoms with E-state index in [-0.39, 0.29) is 16.8 Å². The van der Waals surface area contributed by atoms with Crippen LogP contribution in [0, 0.1) is 10.1 Å². The number of nitro benzene ring substituents is 1. The number of nitro groups is 1. The molecule has 92 valence electrons. The second-order valence-corrected chi connectivity index (χ2v) is 3.65. The lowest BCUT2D eigenvalue weighted by Crippen LogP contribution is -2.33. The van der Waals surface area contributed by atoms with Crippen molar-refractivity contribution in [1.29, 1.82) is 0 Å². The molecule has 0 aliphatic carbocycles.